The lowest BCUT2D eigenvalue weighted by Gasteiger charge is -2.20. The van der Waals surface area contributed by atoms with Gasteiger partial charge in [-0.25, -0.2) is 9.59 Å². The highest BCUT2D eigenvalue weighted by Crippen LogP contribution is 2.44. The Labute approximate surface area is 184 Å². The van der Waals surface area contributed by atoms with Crippen molar-refractivity contribution in [2.75, 3.05) is 26.4 Å². The van der Waals surface area contributed by atoms with Gasteiger partial charge in [-0.3, -0.25) is 4.79 Å². The van der Waals surface area contributed by atoms with Crippen molar-refractivity contribution in [3.8, 4) is 11.1 Å². The van der Waals surface area contributed by atoms with Crippen molar-refractivity contribution in [3.63, 3.8) is 0 Å². The van der Waals surface area contributed by atoms with Gasteiger partial charge in [0.15, 0.2) is 6.10 Å². The van der Waals surface area contributed by atoms with E-state index >= 15 is 0 Å². The van der Waals surface area contributed by atoms with Crippen LogP contribution in [0.4, 0.5) is 4.79 Å². The highest BCUT2D eigenvalue weighted by molar-refractivity contribution is 5.82. The van der Waals surface area contributed by atoms with Crippen LogP contribution in [-0.4, -0.2) is 66.7 Å². The Kier molecular flexibility index (Phi) is 6.38. The molecule has 2 aromatic carbocycles. The zero-order chi connectivity index (χ0) is 22.7. The number of carbonyl (C=O) groups excluding carboxylic acids is 2. The van der Waals surface area contributed by atoms with Crippen LogP contribution >= 0.6 is 0 Å². The Hall–Kier alpha value is -3.43. The van der Waals surface area contributed by atoms with Gasteiger partial charge in [-0.1, -0.05) is 48.5 Å². The van der Waals surface area contributed by atoms with E-state index in [4.69, 9.17) is 14.6 Å². The molecule has 0 saturated carbocycles. The number of alkyl carbamates (subject to hydrolysis) is 1. The predicted molar refractivity (Wildman–Crippen MR) is 113 cm³/mol. The summed E-state index contributed by atoms with van der Waals surface area (Å²) in [5.74, 6) is -2.73. The minimum atomic E-state index is -1.70. The number of aliphatic carboxylic acids is 1. The highest BCUT2D eigenvalue weighted by atomic mass is 16.5. The molecule has 3 unspecified atom stereocenters. The van der Waals surface area contributed by atoms with Gasteiger partial charge < -0.3 is 30.3 Å². The number of benzene rings is 2. The fourth-order valence-electron chi connectivity index (χ4n) is 4.16. The molecule has 9 nitrogen and oxygen atoms in total. The van der Waals surface area contributed by atoms with Crippen molar-refractivity contribution in [2.45, 2.75) is 18.1 Å². The highest BCUT2D eigenvalue weighted by Gasteiger charge is 2.36. The van der Waals surface area contributed by atoms with Gasteiger partial charge in [0.05, 0.1) is 31.7 Å². The quantitative estimate of drug-likeness (QED) is 0.507. The third-order valence-electron chi connectivity index (χ3n) is 5.82. The molecule has 1 heterocycles. The number of ether oxygens (including phenoxy) is 2. The van der Waals surface area contributed by atoms with Crippen LogP contribution in [0.25, 0.3) is 11.1 Å². The number of hydrogen-bond acceptors (Lipinski definition) is 6. The third-order valence-corrected chi connectivity index (χ3v) is 5.82. The minimum absolute atomic E-state index is 0.0727. The van der Waals surface area contributed by atoms with Crippen molar-refractivity contribution in [3.05, 3.63) is 59.7 Å². The first-order valence-corrected chi connectivity index (χ1v) is 10.3. The first-order chi connectivity index (χ1) is 15.5. The molecule has 4 rings (SSSR count). The lowest BCUT2D eigenvalue weighted by atomic mass is 9.98. The van der Waals surface area contributed by atoms with E-state index < -0.39 is 42.6 Å². The van der Waals surface area contributed by atoms with Gasteiger partial charge in [0.25, 0.3) is 0 Å². The zero-order valence-corrected chi connectivity index (χ0v) is 17.2. The van der Waals surface area contributed by atoms with Crippen LogP contribution in [0.15, 0.2) is 48.5 Å². The molecule has 32 heavy (non-hydrogen) atoms. The molecule has 1 saturated heterocycles. The van der Waals surface area contributed by atoms with E-state index in [9.17, 15) is 19.5 Å². The van der Waals surface area contributed by atoms with Crippen LogP contribution in [0.3, 0.4) is 0 Å². The van der Waals surface area contributed by atoms with Crippen molar-refractivity contribution in [1.82, 2.24) is 10.6 Å². The first-order valence-electron chi connectivity index (χ1n) is 10.3. The number of aliphatic hydroxyl groups excluding tert-OH is 1. The summed E-state index contributed by atoms with van der Waals surface area (Å²) in [5, 5.41) is 23.0. The Balaban J connectivity index is 1.34. The van der Waals surface area contributed by atoms with E-state index in [-0.39, 0.29) is 25.7 Å². The van der Waals surface area contributed by atoms with E-state index in [0.29, 0.717) is 0 Å². The van der Waals surface area contributed by atoms with Crippen LogP contribution in [0.2, 0.25) is 0 Å². The fraction of sp³-hybridized carbons (Fsp3) is 0.348. The molecule has 9 heteroatoms. The average Bonchev–Trinajstić information content (AvgIpc) is 3.38. The average molecular weight is 440 g/mol. The number of carboxylic acids is 1. The summed E-state index contributed by atoms with van der Waals surface area (Å²) in [7, 11) is 0. The first kappa shape index (κ1) is 21.8. The summed E-state index contributed by atoms with van der Waals surface area (Å²) in [6, 6.07) is 15.4. The lowest BCUT2D eigenvalue weighted by Crippen LogP contribution is -2.48. The van der Waals surface area contributed by atoms with Crippen molar-refractivity contribution >= 4 is 18.0 Å². The predicted octanol–water partition coefficient (Wildman–Crippen LogP) is 1.10. The molecule has 0 spiro atoms. The monoisotopic (exact) mass is 440 g/mol. The van der Waals surface area contributed by atoms with Gasteiger partial charge in [-0.05, 0) is 22.3 Å². The number of hydrogen-bond donors (Lipinski definition) is 4. The van der Waals surface area contributed by atoms with Gasteiger partial charge in [0.2, 0.25) is 5.91 Å². The molecule has 2 aliphatic rings. The van der Waals surface area contributed by atoms with Crippen molar-refractivity contribution in [2.24, 2.45) is 5.92 Å². The molecular formula is C23H24N2O7. The SMILES string of the molecule is O=C(NC1COCC1C(=O)NCC(O)C(=O)O)OCC1c2ccccc2-c2ccccc21. The number of carboxylic acid groups (broad SMARTS) is 1. The van der Waals surface area contributed by atoms with E-state index in [1.165, 1.54) is 0 Å². The number of amides is 2. The van der Waals surface area contributed by atoms with E-state index in [0.717, 1.165) is 22.3 Å². The van der Waals surface area contributed by atoms with Crippen LogP contribution in [0.1, 0.15) is 17.0 Å². The minimum Gasteiger partial charge on any atom is -0.479 e. The maximum Gasteiger partial charge on any atom is 0.407 e. The van der Waals surface area contributed by atoms with Crippen LogP contribution in [0.5, 0.6) is 0 Å². The molecule has 1 aliphatic carbocycles. The molecule has 2 amide bonds. The van der Waals surface area contributed by atoms with Gasteiger partial charge >= 0.3 is 12.1 Å². The molecule has 2 aromatic rings. The molecule has 4 N–H and O–H groups in total. The maximum absolute atomic E-state index is 12.5. The summed E-state index contributed by atoms with van der Waals surface area (Å²) in [6.45, 7) is -0.0788. The number of rotatable bonds is 7. The third kappa shape index (κ3) is 4.44. The summed E-state index contributed by atoms with van der Waals surface area (Å²) >= 11 is 0. The standard InChI is InChI=1S/C23H24N2O7/c26-20(22(28)29)9-24-21(27)18-10-31-12-19(18)25-23(30)32-11-17-15-7-3-1-5-13(15)14-6-2-4-8-16(14)17/h1-8,17-20,26H,9-12H2,(H,24,27)(H,25,30)(H,28,29). The Morgan fingerprint density at radius 3 is 2.28 bits per heavy atom. The van der Waals surface area contributed by atoms with Gasteiger partial charge in [-0.2, -0.15) is 0 Å². The molecular weight excluding hydrogens is 416 g/mol. The van der Waals surface area contributed by atoms with Gasteiger partial charge in [0.1, 0.15) is 6.61 Å². The van der Waals surface area contributed by atoms with Crippen LogP contribution in [0, 0.1) is 5.92 Å². The Morgan fingerprint density at radius 1 is 1.03 bits per heavy atom. The molecule has 0 bridgehead atoms. The number of fused-ring (bicyclic) bond motifs is 3. The molecule has 1 aliphatic heterocycles. The zero-order valence-electron chi connectivity index (χ0n) is 17.2. The topological polar surface area (TPSA) is 134 Å². The molecule has 168 valence electrons. The van der Waals surface area contributed by atoms with E-state index in [1.54, 1.807) is 0 Å². The van der Waals surface area contributed by atoms with E-state index in [1.807, 2.05) is 36.4 Å². The summed E-state index contributed by atoms with van der Waals surface area (Å²) in [6.07, 6.45) is -2.36. The molecule has 3 atom stereocenters. The van der Waals surface area contributed by atoms with Crippen LogP contribution < -0.4 is 10.6 Å². The van der Waals surface area contributed by atoms with Gasteiger partial charge in [-0.15, -0.1) is 0 Å². The fourth-order valence-corrected chi connectivity index (χ4v) is 4.16. The second-order valence-electron chi connectivity index (χ2n) is 7.82. The molecule has 0 radical (unpaired) electrons. The second kappa shape index (κ2) is 9.37. The number of aliphatic hydroxyl groups is 1. The smallest absolute Gasteiger partial charge is 0.407 e. The van der Waals surface area contributed by atoms with Crippen molar-refractivity contribution < 1.29 is 34.1 Å². The summed E-state index contributed by atoms with van der Waals surface area (Å²) < 4.78 is 10.8. The second-order valence-corrected chi connectivity index (χ2v) is 7.82. The summed E-state index contributed by atoms with van der Waals surface area (Å²) in [4.78, 5) is 35.5. The van der Waals surface area contributed by atoms with Crippen molar-refractivity contribution in [1.29, 1.82) is 0 Å². The maximum atomic E-state index is 12.5. The Morgan fingerprint density at radius 2 is 1.66 bits per heavy atom. The number of nitrogens with one attached hydrogen (secondary N) is 2. The largest absolute Gasteiger partial charge is 0.479 e. The van der Waals surface area contributed by atoms with E-state index in [2.05, 4.69) is 22.8 Å². The summed E-state index contributed by atoms with van der Waals surface area (Å²) in [5.41, 5.74) is 4.45. The Bertz CT molecular complexity index is 979. The number of carbonyl (C=O) groups is 3. The lowest BCUT2D eigenvalue weighted by molar-refractivity contribution is -0.146. The van der Waals surface area contributed by atoms with Crippen LogP contribution in [-0.2, 0) is 19.1 Å². The van der Waals surface area contributed by atoms with Gasteiger partial charge in [0, 0.05) is 5.92 Å². The molecule has 1 fully saturated rings. The normalized spacial score (nSPS) is 20.2. The molecule has 0 aromatic heterocycles.